The number of allylic oxidation sites excluding steroid dienone is 3. The van der Waals surface area contributed by atoms with Gasteiger partial charge in [0.2, 0.25) is 0 Å². The van der Waals surface area contributed by atoms with Gasteiger partial charge >= 0.3 is 0 Å². The van der Waals surface area contributed by atoms with Crippen molar-refractivity contribution in [3.05, 3.63) is 35.7 Å². The summed E-state index contributed by atoms with van der Waals surface area (Å²) in [7, 11) is 3.88. The predicted molar refractivity (Wildman–Crippen MR) is 93.2 cm³/mol. The summed E-state index contributed by atoms with van der Waals surface area (Å²) in [6, 6.07) is 2.00. The summed E-state index contributed by atoms with van der Waals surface area (Å²) in [5.74, 6) is 0.475. The quantitative estimate of drug-likeness (QED) is 0.609. The number of hydrogen-bond donors (Lipinski definition) is 0. The van der Waals surface area contributed by atoms with Gasteiger partial charge < -0.3 is 4.90 Å². The van der Waals surface area contributed by atoms with E-state index in [0.29, 0.717) is 16.4 Å². The Labute approximate surface area is 133 Å². The first kappa shape index (κ1) is 16.0. The molecule has 114 valence electrons. The van der Waals surface area contributed by atoms with Crippen LogP contribution in [-0.2, 0) is 0 Å². The van der Waals surface area contributed by atoms with Gasteiger partial charge in [-0.3, -0.25) is 0 Å². The molecule has 0 saturated carbocycles. The standard InChI is InChI=1S/C17H25N3S/c1-13-7-6-11-17(2,3)15(13)9-8-14-10-12-18-20(14)16(21)19(4)5/h7-10,12,15H,6,11H2,1-5H3/b9-8+. The molecule has 4 heteroatoms. The topological polar surface area (TPSA) is 21.1 Å². The summed E-state index contributed by atoms with van der Waals surface area (Å²) in [6.07, 6.45) is 11.0. The fourth-order valence-corrected chi connectivity index (χ4v) is 3.12. The van der Waals surface area contributed by atoms with Crippen molar-refractivity contribution in [1.82, 2.24) is 14.7 Å². The molecule has 2 rings (SSSR count). The maximum atomic E-state index is 5.41. The van der Waals surface area contributed by atoms with Crippen LogP contribution >= 0.6 is 12.2 Å². The van der Waals surface area contributed by atoms with Crippen LogP contribution in [0.2, 0.25) is 0 Å². The molecule has 1 aromatic heterocycles. The van der Waals surface area contributed by atoms with E-state index in [4.69, 9.17) is 12.2 Å². The zero-order valence-electron chi connectivity index (χ0n) is 13.6. The minimum Gasteiger partial charge on any atom is -0.354 e. The summed E-state index contributed by atoms with van der Waals surface area (Å²) < 4.78 is 1.81. The third-order valence-corrected chi connectivity index (χ3v) is 4.82. The molecule has 1 aromatic rings. The molecule has 1 unspecified atom stereocenters. The zero-order valence-corrected chi connectivity index (χ0v) is 14.4. The van der Waals surface area contributed by atoms with Crippen molar-refractivity contribution in [3.8, 4) is 0 Å². The smallest absolute Gasteiger partial charge is 0.196 e. The highest BCUT2D eigenvalue weighted by molar-refractivity contribution is 7.80. The van der Waals surface area contributed by atoms with Crippen molar-refractivity contribution in [3.63, 3.8) is 0 Å². The molecule has 21 heavy (non-hydrogen) atoms. The molecule has 3 nitrogen and oxygen atoms in total. The highest BCUT2D eigenvalue weighted by Gasteiger charge is 2.30. The van der Waals surface area contributed by atoms with Crippen molar-refractivity contribution in [2.45, 2.75) is 33.6 Å². The molecule has 0 spiro atoms. The zero-order chi connectivity index (χ0) is 15.6. The third-order valence-electron chi connectivity index (χ3n) is 4.28. The second-order valence-electron chi connectivity index (χ2n) is 6.66. The average molecular weight is 303 g/mol. The normalized spacial score (nSPS) is 21.4. The van der Waals surface area contributed by atoms with E-state index in [9.17, 15) is 0 Å². The van der Waals surface area contributed by atoms with Crippen LogP contribution in [0.3, 0.4) is 0 Å². The molecule has 0 fully saturated rings. The molecule has 0 N–H and O–H groups in total. The second kappa shape index (κ2) is 6.14. The minimum atomic E-state index is 0.308. The van der Waals surface area contributed by atoms with E-state index in [1.807, 2.05) is 25.1 Å². The molecule has 1 atom stereocenters. The monoisotopic (exact) mass is 303 g/mol. The maximum absolute atomic E-state index is 5.41. The highest BCUT2D eigenvalue weighted by Crippen LogP contribution is 2.41. The van der Waals surface area contributed by atoms with Crippen LogP contribution in [0.5, 0.6) is 0 Å². The van der Waals surface area contributed by atoms with Gasteiger partial charge in [-0.25, -0.2) is 4.68 Å². The predicted octanol–water partition coefficient (Wildman–Crippen LogP) is 3.97. The van der Waals surface area contributed by atoms with Gasteiger partial charge in [-0.1, -0.05) is 31.6 Å². The lowest BCUT2D eigenvalue weighted by atomic mass is 9.68. The maximum Gasteiger partial charge on any atom is 0.196 e. The summed E-state index contributed by atoms with van der Waals surface area (Å²) in [6.45, 7) is 6.93. The van der Waals surface area contributed by atoms with Gasteiger partial charge in [0.1, 0.15) is 0 Å². The van der Waals surface area contributed by atoms with Gasteiger partial charge in [0.05, 0.1) is 11.9 Å². The molecule has 0 bridgehead atoms. The molecule has 0 radical (unpaired) electrons. The van der Waals surface area contributed by atoms with E-state index in [1.165, 1.54) is 18.4 Å². The van der Waals surface area contributed by atoms with E-state index in [-0.39, 0.29) is 0 Å². The van der Waals surface area contributed by atoms with Crippen molar-refractivity contribution in [2.75, 3.05) is 14.1 Å². The van der Waals surface area contributed by atoms with Crippen LogP contribution < -0.4 is 0 Å². The van der Waals surface area contributed by atoms with Crippen molar-refractivity contribution in [1.29, 1.82) is 0 Å². The Morgan fingerprint density at radius 3 is 2.81 bits per heavy atom. The van der Waals surface area contributed by atoms with Gasteiger partial charge in [-0.05, 0) is 49.5 Å². The van der Waals surface area contributed by atoms with Crippen LogP contribution in [0.1, 0.15) is 39.3 Å². The lowest BCUT2D eigenvalue weighted by molar-refractivity contribution is 0.256. The Bertz CT molecular complexity index is 579. The van der Waals surface area contributed by atoms with Crippen LogP contribution in [0.25, 0.3) is 6.08 Å². The molecule has 1 heterocycles. The summed E-state index contributed by atoms with van der Waals surface area (Å²) >= 11 is 5.41. The Hall–Kier alpha value is -1.42. The second-order valence-corrected chi connectivity index (χ2v) is 7.02. The first-order valence-electron chi connectivity index (χ1n) is 7.43. The number of aromatic nitrogens is 2. The first-order chi connectivity index (χ1) is 9.83. The van der Waals surface area contributed by atoms with Crippen molar-refractivity contribution >= 4 is 23.4 Å². The van der Waals surface area contributed by atoms with Gasteiger partial charge in [0.15, 0.2) is 5.11 Å². The van der Waals surface area contributed by atoms with Crippen LogP contribution in [0.15, 0.2) is 30.0 Å². The number of hydrogen-bond acceptors (Lipinski definition) is 2. The fourth-order valence-electron chi connectivity index (χ4n) is 2.97. The van der Waals surface area contributed by atoms with Gasteiger partial charge in [0.25, 0.3) is 0 Å². The van der Waals surface area contributed by atoms with E-state index < -0.39 is 0 Å². The molecule has 0 amide bonds. The first-order valence-corrected chi connectivity index (χ1v) is 7.84. The number of nitrogens with zero attached hydrogens (tertiary/aromatic N) is 3. The molecule has 0 aromatic carbocycles. The SMILES string of the molecule is CC1=CCCC(C)(C)C1/C=C/c1ccnn1C(=S)N(C)C. The lowest BCUT2D eigenvalue weighted by Gasteiger charge is -2.36. The molecule has 0 aliphatic heterocycles. The van der Waals surface area contributed by atoms with Crippen molar-refractivity contribution in [2.24, 2.45) is 11.3 Å². The summed E-state index contributed by atoms with van der Waals surface area (Å²) in [5.41, 5.74) is 2.80. The van der Waals surface area contributed by atoms with Crippen LogP contribution in [-0.4, -0.2) is 33.9 Å². The molecule has 1 aliphatic rings. The minimum absolute atomic E-state index is 0.308. The Morgan fingerprint density at radius 2 is 2.19 bits per heavy atom. The molecular formula is C17H25N3S. The third kappa shape index (κ3) is 3.43. The summed E-state index contributed by atoms with van der Waals surface area (Å²) in [4.78, 5) is 1.90. The van der Waals surface area contributed by atoms with E-state index >= 15 is 0 Å². The van der Waals surface area contributed by atoms with E-state index in [2.05, 4.69) is 44.1 Å². The van der Waals surface area contributed by atoms with E-state index in [0.717, 1.165) is 5.69 Å². The van der Waals surface area contributed by atoms with Crippen LogP contribution in [0.4, 0.5) is 0 Å². The van der Waals surface area contributed by atoms with Gasteiger partial charge in [-0.15, -0.1) is 0 Å². The molecule has 0 saturated heterocycles. The largest absolute Gasteiger partial charge is 0.354 e. The fraction of sp³-hybridized carbons (Fsp3) is 0.529. The summed E-state index contributed by atoms with van der Waals surface area (Å²) in [5, 5.41) is 5.03. The number of thiocarbonyl (C=S) groups is 1. The van der Waals surface area contributed by atoms with Gasteiger partial charge in [-0.2, -0.15) is 5.10 Å². The Morgan fingerprint density at radius 1 is 1.48 bits per heavy atom. The van der Waals surface area contributed by atoms with E-state index in [1.54, 1.807) is 10.9 Å². The highest BCUT2D eigenvalue weighted by atomic mass is 32.1. The Balaban J connectivity index is 2.26. The molecule has 1 aliphatic carbocycles. The lowest BCUT2D eigenvalue weighted by Crippen LogP contribution is -2.28. The average Bonchev–Trinajstić information content (AvgIpc) is 2.84. The Kier molecular flexibility index (Phi) is 4.67. The number of rotatable bonds is 2. The molecular weight excluding hydrogens is 278 g/mol. The van der Waals surface area contributed by atoms with Gasteiger partial charge in [0, 0.05) is 20.0 Å². The van der Waals surface area contributed by atoms with Crippen LogP contribution in [0, 0.1) is 11.3 Å². The van der Waals surface area contributed by atoms with Crippen molar-refractivity contribution < 1.29 is 0 Å².